The Morgan fingerprint density at radius 3 is 2.74 bits per heavy atom. The summed E-state index contributed by atoms with van der Waals surface area (Å²) in [5, 5.41) is 20.5. The minimum Gasteiger partial charge on any atom is -0.393 e. The Labute approximate surface area is 133 Å². The van der Waals surface area contributed by atoms with Gasteiger partial charge in [-0.1, -0.05) is 13.8 Å². The van der Waals surface area contributed by atoms with Gasteiger partial charge in [0.2, 0.25) is 5.95 Å². The lowest BCUT2D eigenvalue weighted by Gasteiger charge is -2.14. The topological polar surface area (TPSA) is 99.6 Å². The van der Waals surface area contributed by atoms with Gasteiger partial charge in [0.15, 0.2) is 11.6 Å². The normalized spacial score (nSPS) is 24.3. The zero-order valence-corrected chi connectivity index (χ0v) is 13.2. The summed E-state index contributed by atoms with van der Waals surface area (Å²) in [4.78, 5) is 12.2. The van der Waals surface area contributed by atoms with Gasteiger partial charge in [0.25, 0.3) is 0 Å². The summed E-state index contributed by atoms with van der Waals surface area (Å²) < 4.78 is 12.8. The first kappa shape index (κ1) is 15.8. The molecule has 0 unspecified atom stereocenters. The van der Waals surface area contributed by atoms with Crippen molar-refractivity contribution >= 4 is 5.95 Å². The van der Waals surface area contributed by atoms with Gasteiger partial charge in [0.1, 0.15) is 5.82 Å². The zero-order valence-electron chi connectivity index (χ0n) is 13.2. The Hall–Kier alpha value is -2.09. The number of halogens is 1. The maximum Gasteiger partial charge on any atom is 0.222 e. The molecule has 0 saturated heterocycles. The highest BCUT2D eigenvalue weighted by Crippen LogP contribution is 2.37. The molecular formula is C15H21FN6O. The van der Waals surface area contributed by atoms with Crippen LogP contribution in [0.2, 0.25) is 0 Å². The molecule has 1 fully saturated rings. The van der Waals surface area contributed by atoms with Crippen LogP contribution in [0.15, 0.2) is 12.4 Å². The average Bonchev–Trinajstić information content (AvgIpc) is 3.14. The van der Waals surface area contributed by atoms with E-state index in [-0.39, 0.29) is 17.8 Å². The molecule has 2 aromatic heterocycles. The van der Waals surface area contributed by atoms with E-state index in [1.807, 2.05) is 13.8 Å². The van der Waals surface area contributed by atoms with Gasteiger partial charge in [0.05, 0.1) is 18.5 Å². The first-order valence-electron chi connectivity index (χ1n) is 7.84. The second-order valence-electron chi connectivity index (χ2n) is 6.34. The fourth-order valence-corrected chi connectivity index (χ4v) is 2.90. The molecule has 0 radical (unpaired) electrons. The van der Waals surface area contributed by atoms with E-state index in [1.165, 1.54) is 0 Å². The first-order chi connectivity index (χ1) is 11.0. The maximum absolute atomic E-state index is 12.8. The van der Waals surface area contributed by atoms with E-state index in [4.69, 9.17) is 0 Å². The van der Waals surface area contributed by atoms with Crippen LogP contribution in [0.3, 0.4) is 0 Å². The summed E-state index contributed by atoms with van der Waals surface area (Å²) in [7, 11) is 0. The van der Waals surface area contributed by atoms with Crippen LogP contribution in [0, 0.1) is 11.7 Å². The third kappa shape index (κ3) is 3.64. The number of aliphatic hydroxyl groups is 1. The highest BCUT2D eigenvalue weighted by atomic mass is 19.1. The fourth-order valence-electron chi connectivity index (χ4n) is 2.90. The van der Waals surface area contributed by atoms with Gasteiger partial charge in [-0.2, -0.15) is 5.10 Å². The number of aromatic nitrogens is 5. The highest BCUT2D eigenvalue weighted by Gasteiger charge is 2.35. The SMILES string of the molecule is CC(C)c1n[nH]c([C@H]2C[C@H](CNc3ncc(F)cn3)[C@H](O)C2)n1. The van der Waals surface area contributed by atoms with Crippen molar-refractivity contribution in [3.63, 3.8) is 0 Å². The van der Waals surface area contributed by atoms with Crippen LogP contribution in [0.25, 0.3) is 0 Å². The Balaban J connectivity index is 1.58. The molecule has 0 aromatic carbocycles. The van der Waals surface area contributed by atoms with E-state index in [0.29, 0.717) is 18.9 Å². The summed E-state index contributed by atoms with van der Waals surface area (Å²) >= 11 is 0. The van der Waals surface area contributed by atoms with Crippen molar-refractivity contribution in [2.45, 2.75) is 44.6 Å². The molecule has 1 saturated carbocycles. The molecule has 7 nitrogen and oxygen atoms in total. The lowest BCUT2D eigenvalue weighted by atomic mass is 10.0. The number of hydrogen-bond donors (Lipinski definition) is 3. The molecule has 2 aromatic rings. The Bertz CT molecular complexity index is 644. The fraction of sp³-hybridized carbons (Fsp3) is 0.600. The zero-order chi connectivity index (χ0) is 16.4. The van der Waals surface area contributed by atoms with Crippen molar-refractivity contribution < 1.29 is 9.50 Å². The molecule has 3 rings (SSSR count). The summed E-state index contributed by atoms with van der Waals surface area (Å²) in [5.41, 5.74) is 0. The van der Waals surface area contributed by atoms with Crippen molar-refractivity contribution in [2.75, 3.05) is 11.9 Å². The molecule has 1 aliphatic rings. The largest absolute Gasteiger partial charge is 0.393 e. The Kier molecular flexibility index (Phi) is 4.51. The highest BCUT2D eigenvalue weighted by molar-refractivity contribution is 5.23. The minimum atomic E-state index is -0.470. The van der Waals surface area contributed by atoms with Crippen LogP contribution in [-0.4, -0.2) is 42.9 Å². The predicted molar refractivity (Wildman–Crippen MR) is 82.4 cm³/mol. The van der Waals surface area contributed by atoms with Gasteiger partial charge in [-0.15, -0.1) is 0 Å². The van der Waals surface area contributed by atoms with E-state index in [1.54, 1.807) is 0 Å². The summed E-state index contributed by atoms with van der Waals surface area (Å²) in [6.45, 7) is 4.63. The van der Waals surface area contributed by atoms with Crippen molar-refractivity contribution in [2.24, 2.45) is 5.92 Å². The van der Waals surface area contributed by atoms with Crippen LogP contribution < -0.4 is 5.32 Å². The molecule has 0 aliphatic heterocycles. The average molecular weight is 320 g/mol. The Morgan fingerprint density at radius 1 is 1.35 bits per heavy atom. The van der Waals surface area contributed by atoms with Crippen LogP contribution in [0.4, 0.5) is 10.3 Å². The summed E-state index contributed by atoms with van der Waals surface area (Å²) in [6.07, 6.45) is 3.28. The van der Waals surface area contributed by atoms with E-state index in [0.717, 1.165) is 30.5 Å². The van der Waals surface area contributed by atoms with Gasteiger partial charge in [-0.05, 0) is 12.8 Å². The van der Waals surface area contributed by atoms with Crippen molar-refractivity contribution in [1.82, 2.24) is 25.1 Å². The smallest absolute Gasteiger partial charge is 0.222 e. The number of aromatic amines is 1. The molecule has 0 bridgehead atoms. The first-order valence-corrected chi connectivity index (χ1v) is 7.84. The van der Waals surface area contributed by atoms with Crippen molar-refractivity contribution in [3.8, 4) is 0 Å². The number of hydrogen-bond acceptors (Lipinski definition) is 6. The molecule has 124 valence electrons. The number of H-pyrrole nitrogens is 1. The van der Waals surface area contributed by atoms with Gasteiger partial charge < -0.3 is 10.4 Å². The number of aliphatic hydroxyl groups excluding tert-OH is 1. The van der Waals surface area contributed by atoms with E-state index < -0.39 is 11.9 Å². The summed E-state index contributed by atoms with van der Waals surface area (Å²) in [6, 6.07) is 0. The molecule has 3 atom stereocenters. The van der Waals surface area contributed by atoms with Crippen LogP contribution in [0.5, 0.6) is 0 Å². The van der Waals surface area contributed by atoms with E-state index >= 15 is 0 Å². The standard InChI is InChI=1S/C15H21FN6O/c1-8(2)13-20-14(22-21-13)9-3-10(12(23)4-9)5-17-15-18-6-11(16)7-19-15/h6-10,12,23H,3-5H2,1-2H3,(H,17,18,19)(H,20,21,22)/t9-,10+,12+/m0/s1. The third-order valence-electron chi connectivity index (χ3n) is 4.22. The second-order valence-corrected chi connectivity index (χ2v) is 6.34. The van der Waals surface area contributed by atoms with Crippen molar-refractivity contribution in [1.29, 1.82) is 0 Å². The lowest BCUT2D eigenvalue weighted by molar-refractivity contribution is 0.137. The number of nitrogens with one attached hydrogen (secondary N) is 2. The molecule has 1 aliphatic carbocycles. The molecule has 0 spiro atoms. The molecule has 23 heavy (non-hydrogen) atoms. The maximum atomic E-state index is 12.8. The van der Waals surface area contributed by atoms with Crippen molar-refractivity contribution in [3.05, 3.63) is 29.9 Å². The lowest BCUT2D eigenvalue weighted by Crippen LogP contribution is -2.22. The van der Waals surface area contributed by atoms with E-state index in [9.17, 15) is 9.50 Å². The van der Waals surface area contributed by atoms with Gasteiger partial charge >= 0.3 is 0 Å². The molecule has 8 heteroatoms. The second kappa shape index (κ2) is 6.57. The third-order valence-corrected chi connectivity index (χ3v) is 4.22. The van der Waals surface area contributed by atoms with E-state index in [2.05, 4.69) is 30.5 Å². The quantitative estimate of drug-likeness (QED) is 0.777. The molecular weight excluding hydrogens is 299 g/mol. The molecule has 3 N–H and O–H groups in total. The van der Waals surface area contributed by atoms with Crippen LogP contribution in [0.1, 0.15) is 50.2 Å². The summed E-state index contributed by atoms with van der Waals surface area (Å²) in [5.74, 6) is 2.06. The van der Waals surface area contributed by atoms with Crippen LogP contribution >= 0.6 is 0 Å². The predicted octanol–water partition coefficient (Wildman–Crippen LogP) is 1.82. The number of rotatable bonds is 5. The number of nitrogens with zero attached hydrogens (tertiary/aromatic N) is 4. The number of anilines is 1. The van der Waals surface area contributed by atoms with Gasteiger partial charge in [-0.3, -0.25) is 5.10 Å². The van der Waals surface area contributed by atoms with Crippen LogP contribution in [-0.2, 0) is 0 Å². The molecule has 0 amide bonds. The Morgan fingerprint density at radius 2 is 2.09 bits per heavy atom. The molecule has 2 heterocycles. The van der Waals surface area contributed by atoms with Gasteiger partial charge in [0, 0.05) is 24.3 Å². The van der Waals surface area contributed by atoms with Gasteiger partial charge in [-0.25, -0.2) is 19.3 Å². The monoisotopic (exact) mass is 320 g/mol. The minimum absolute atomic E-state index is 0.0706.